The first-order valence-corrected chi connectivity index (χ1v) is 4.33. The summed E-state index contributed by atoms with van der Waals surface area (Å²) in [5, 5.41) is 12.2. The zero-order valence-corrected chi connectivity index (χ0v) is 6.20. The van der Waals surface area contributed by atoms with Crippen molar-refractivity contribution >= 4 is 24.3 Å². The summed E-state index contributed by atoms with van der Waals surface area (Å²) in [5.41, 5.74) is 0. The number of fused-ring (bicyclic) bond motifs is 1. The molecule has 9 heavy (non-hydrogen) atoms. The minimum atomic E-state index is 0.408. The summed E-state index contributed by atoms with van der Waals surface area (Å²) in [7, 11) is 0. The summed E-state index contributed by atoms with van der Waals surface area (Å²) in [4.78, 5) is 2.12. The van der Waals surface area contributed by atoms with Gasteiger partial charge in [-0.15, -0.1) is 0 Å². The predicted molar refractivity (Wildman–Crippen MR) is 34.3 cm³/mol. The van der Waals surface area contributed by atoms with Crippen LogP contribution in [0.25, 0.3) is 9.78 Å². The second-order valence-corrected chi connectivity index (χ2v) is 3.49. The number of nitrogens with zero attached hydrogens (tertiary/aromatic N) is 3. The van der Waals surface area contributed by atoms with Crippen molar-refractivity contribution < 1.29 is 0 Å². The normalized spacial score (nSPS) is 10.2. The van der Waals surface area contributed by atoms with Crippen LogP contribution in [0, 0.1) is 0 Å². The number of rotatable bonds is 0. The monoisotopic (exact) mass is 185 g/mol. The average molecular weight is 184 g/mol. The molecule has 0 fully saturated rings. The van der Waals surface area contributed by atoms with Gasteiger partial charge in [0, 0.05) is 0 Å². The summed E-state index contributed by atoms with van der Waals surface area (Å²) in [6, 6.07) is 2.04. The molecule has 0 bridgehead atoms. The van der Waals surface area contributed by atoms with Gasteiger partial charge < -0.3 is 0 Å². The van der Waals surface area contributed by atoms with Gasteiger partial charge in [-0.3, -0.25) is 0 Å². The molecule has 2 rings (SSSR count). The van der Waals surface area contributed by atoms with Crippen LogP contribution in [0.4, 0.5) is 0 Å². The molecule has 0 unspecified atom stereocenters. The molecule has 0 saturated heterocycles. The summed E-state index contributed by atoms with van der Waals surface area (Å²) in [5.74, 6) is 0. The predicted octanol–water partition coefficient (Wildman–Crippen LogP) is 0.0818. The van der Waals surface area contributed by atoms with Crippen molar-refractivity contribution in [2.75, 3.05) is 0 Å². The summed E-state index contributed by atoms with van der Waals surface area (Å²) >= 11 is 0.408. The first kappa shape index (κ1) is 5.09. The van der Waals surface area contributed by atoms with Crippen molar-refractivity contribution in [2.45, 2.75) is 0 Å². The van der Waals surface area contributed by atoms with Crippen molar-refractivity contribution in [1.29, 1.82) is 0 Å². The molecule has 0 atom stereocenters. The molecule has 0 saturated carbocycles. The zero-order valence-electron chi connectivity index (χ0n) is 4.48. The van der Waals surface area contributed by atoms with Crippen LogP contribution in [0.2, 0.25) is 0 Å². The Morgan fingerprint density at radius 2 is 2.44 bits per heavy atom. The van der Waals surface area contributed by atoms with E-state index in [-0.39, 0.29) is 0 Å². The van der Waals surface area contributed by atoms with Crippen LogP contribution < -0.4 is 0 Å². The molecule has 44 valence electrons. The molecular formula is C5H3N3Se. The Morgan fingerprint density at radius 1 is 1.44 bits per heavy atom. The van der Waals surface area contributed by atoms with Gasteiger partial charge in [0.15, 0.2) is 0 Å². The van der Waals surface area contributed by atoms with E-state index < -0.39 is 0 Å². The maximum absolute atomic E-state index is 3.86. The van der Waals surface area contributed by atoms with Gasteiger partial charge in [0.25, 0.3) is 0 Å². The van der Waals surface area contributed by atoms with E-state index in [4.69, 9.17) is 0 Å². The van der Waals surface area contributed by atoms with Gasteiger partial charge in [-0.05, 0) is 0 Å². The van der Waals surface area contributed by atoms with Crippen molar-refractivity contribution in [2.24, 2.45) is 0 Å². The summed E-state index contributed by atoms with van der Waals surface area (Å²) in [6.07, 6.45) is 1.74. The van der Waals surface area contributed by atoms with Gasteiger partial charge in [-0.25, -0.2) is 0 Å². The van der Waals surface area contributed by atoms with E-state index in [1.54, 1.807) is 6.20 Å². The first-order valence-electron chi connectivity index (χ1n) is 2.48. The number of hydrogen-bond donors (Lipinski definition) is 0. The molecular weight excluding hydrogens is 181 g/mol. The van der Waals surface area contributed by atoms with Crippen LogP contribution >= 0.6 is 0 Å². The molecule has 0 aliphatic rings. The quantitative estimate of drug-likeness (QED) is 0.544. The van der Waals surface area contributed by atoms with E-state index >= 15 is 0 Å². The fourth-order valence-electron chi connectivity index (χ4n) is 0.645. The van der Waals surface area contributed by atoms with Crippen LogP contribution in [0.5, 0.6) is 0 Å². The first-order chi connectivity index (χ1) is 4.47. The van der Waals surface area contributed by atoms with E-state index in [0.29, 0.717) is 14.5 Å². The van der Waals surface area contributed by atoms with Gasteiger partial charge in [0.05, 0.1) is 0 Å². The fourth-order valence-corrected chi connectivity index (χ4v) is 2.08. The van der Waals surface area contributed by atoms with E-state index in [1.807, 2.05) is 6.07 Å². The van der Waals surface area contributed by atoms with Crippen molar-refractivity contribution in [3.05, 3.63) is 17.2 Å². The molecule has 0 amide bonds. The Morgan fingerprint density at radius 3 is 3.33 bits per heavy atom. The van der Waals surface area contributed by atoms with E-state index in [2.05, 4.69) is 20.4 Å². The molecule has 0 spiro atoms. The number of aromatic nitrogens is 3. The number of hydrogen-bond acceptors (Lipinski definition) is 3. The molecule has 2 aromatic rings. The molecule has 0 aliphatic heterocycles. The van der Waals surface area contributed by atoms with Crippen LogP contribution in [-0.2, 0) is 0 Å². The van der Waals surface area contributed by atoms with Gasteiger partial charge in [0.1, 0.15) is 0 Å². The van der Waals surface area contributed by atoms with E-state index in [9.17, 15) is 0 Å². The summed E-state index contributed by atoms with van der Waals surface area (Å²) < 4.78 is 1.09. The maximum atomic E-state index is 3.86. The average Bonchev–Trinajstić information content (AvgIpc) is 2.33. The van der Waals surface area contributed by atoms with Gasteiger partial charge in [-0.1, -0.05) is 0 Å². The zero-order chi connectivity index (χ0) is 6.10. The molecule has 0 aromatic carbocycles. The Balaban J connectivity index is 2.95. The van der Waals surface area contributed by atoms with Crippen LogP contribution in [0.3, 0.4) is 0 Å². The molecule has 0 N–H and O–H groups in total. The van der Waals surface area contributed by atoms with Gasteiger partial charge >= 0.3 is 56.9 Å². The standard InChI is InChI=1S/C5H3N3Se/c1-2-9-5-4(1)3-6-8-7-5/h1-3H. The minimum absolute atomic E-state index is 0.408. The van der Waals surface area contributed by atoms with Crippen LogP contribution in [0.15, 0.2) is 17.2 Å². The molecule has 4 heteroatoms. The Bertz CT molecular complexity index is 286. The topological polar surface area (TPSA) is 38.7 Å². The molecule has 0 radical (unpaired) electrons. The van der Waals surface area contributed by atoms with Crippen molar-refractivity contribution in [3.63, 3.8) is 0 Å². The molecule has 3 nitrogen and oxygen atoms in total. The molecule has 2 heterocycles. The Labute approximate surface area is 57.5 Å². The molecule has 2 aromatic heterocycles. The van der Waals surface area contributed by atoms with Gasteiger partial charge in [0.2, 0.25) is 0 Å². The second-order valence-electron chi connectivity index (χ2n) is 1.62. The SMILES string of the molecule is c1cc2cnnnc2[se]1. The Hall–Kier alpha value is -0.731. The van der Waals surface area contributed by atoms with E-state index in [0.717, 1.165) is 9.78 Å². The van der Waals surface area contributed by atoms with Crippen LogP contribution in [0.1, 0.15) is 0 Å². The third-order valence-corrected chi connectivity index (χ3v) is 2.76. The van der Waals surface area contributed by atoms with Crippen molar-refractivity contribution in [1.82, 2.24) is 15.4 Å². The summed E-state index contributed by atoms with van der Waals surface area (Å²) in [6.45, 7) is 0. The Kier molecular flexibility index (Phi) is 1.07. The van der Waals surface area contributed by atoms with E-state index in [1.165, 1.54) is 0 Å². The fraction of sp³-hybridized carbons (Fsp3) is 0. The second kappa shape index (κ2) is 1.90. The van der Waals surface area contributed by atoms with Gasteiger partial charge in [-0.2, -0.15) is 0 Å². The molecule has 0 aliphatic carbocycles. The third-order valence-electron chi connectivity index (χ3n) is 1.06. The van der Waals surface area contributed by atoms with Crippen LogP contribution in [-0.4, -0.2) is 29.9 Å². The van der Waals surface area contributed by atoms with Crippen molar-refractivity contribution in [3.8, 4) is 0 Å². The third kappa shape index (κ3) is 0.763.